The van der Waals surface area contributed by atoms with Gasteiger partial charge in [-0.05, 0) is 25.5 Å². The number of nitrogens with two attached hydrogens (primary N) is 1. The third-order valence-corrected chi connectivity index (χ3v) is 2.99. The quantitative estimate of drug-likeness (QED) is 0.601. The molecule has 19 heavy (non-hydrogen) atoms. The number of aryl methyl sites for hydroxylation is 2. The molecule has 0 spiro atoms. The molecule has 0 fully saturated rings. The molecule has 0 saturated heterocycles. The standard InChI is InChI=1S/C13H20N6/c1-3-7-19-13(15-9-16-19)8-12(18-14)11-6-4-5-10(2)17-11/h4-6,9,12,18H,3,7-8,14H2,1-2H3. The Hall–Kier alpha value is -1.79. The molecule has 1 unspecified atom stereocenters. The Morgan fingerprint density at radius 1 is 1.42 bits per heavy atom. The number of aromatic nitrogens is 4. The second-order valence-corrected chi connectivity index (χ2v) is 4.53. The van der Waals surface area contributed by atoms with E-state index in [0.29, 0.717) is 6.42 Å². The van der Waals surface area contributed by atoms with Crippen LogP contribution in [0.25, 0.3) is 0 Å². The summed E-state index contributed by atoms with van der Waals surface area (Å²) in [5, 5.41) is 4.22. The van der Waals surface area contributed by atoms with Crippen molar-refractivity contribution in [3.63, 3.8) is 0 Å². The highest BCUT2D eigenvalue weighted by atomic mass is 15.3. The fourth-order valence-electron chi connectivity index (χ4n) is 2.03. The summed E-state index contributed by atoms with van der Waals surface area (Å²) in [7, 11) is 0. The van der Waals surface area contributed by atoms with Gasteiger partial charge in [-0.25, -0.2) is 4.98 Å². The van der Waals surface area contributed by atoms with Crippen molar-refractivity contribution in [3.05, 3.63) is 41.7 Å². The zero-order valence-corrected chi connectivity index (χ0v) is 11.4. The summed E-state index contributed by atoms with van der Waals surface area (Å²) >= 11 is 0. The zero-order chi connectivity index (χ0) is 13.7. The topological polar surface area (TPSA) is 81.7 Å². The smallest absolute Gasteiger partial charge is 0.138 e. The van der Waals surface area contributed by atoms with Gasteiger partial charge in [0.05, 0.1) is 11.7 Å². The molecule has 6 heteroatoms. The van der Waals surface area contributed by atoms with Crippen molar-refractivity contribution < 1.29 is 0 Å². The van der Waals surface area contributed by atoms with Crippen LogP contribution >= 0.6 is 0 Å². The lowest BCUT2D eigenvalue weighted by Gasteiger charge is -2.15. The van der Waals surface area contributed by atoms with Crippen LogP contribution < -0.4 is 11.3 Å². The molecular weight excluding hydrogens is 240 g/mol. The van der Waals surface area contributed by atoms with E-state index in [1.165, 1.54) is 0 Å². The summed E-state index contributed by atoms with van der Waals surface area (Å²) < 4.78 is 1.92. The van der Waals surface area contributed by atoms with Crippen molar-refractivity contribution in [1.29, 1.82) is 0 Å². The molecule has 0 aliphatic heterocycles. The molecule has 2 aromatic heterocycles. The number of rotatable bonds is 6. The lowest BCUT2D eigenvalue weighted by Crippen LogP contribution is -2.31. The SMILES string of the molecule is CCCn1ncnc1CC(NN)c1cccc(C)n1. The van der Waals surface area contributed by atoms with Crippen LogP contribution in [0.2, 0.25) is 0 Å². The fourth-order valence-corrected chi connectivity index (χ4v) is 2.03. The minimum absolute atomic E-state index is 0.0558. The van der Waals surface area contributed by atoms with Gasteiger partial charge in [0, 0.05) is 18.7 Å². The molecule has 2 rings (SSSR count). The van der Waals surface area contributed by atoms with Gasteiger partial charge >= 0.3 is 0 Å². The van der Waals surface area contributed by atoms with Crippen molar-refractivity contribution in [1.82, 2.24) is 25.2 Å². The number of hydrogen-bond acceptors (Lipinski definition) is 5. The van der Waals surface area contributed by atoms with E-state index in [1.807, 2.05) is 29.8 Å². The largest absolute Gasteiger partial charge is 0.271 e. The van der Waals surface area contributed by atoms with Crippen LogP contribution in [0.4, 0.5) is 0 Å². The number of pyridine rings is 1. The molecular formula is C13H20N6. The predicted molar refractivity (Wildman–Crippen MR) is 73.1 cm³/mol. The first-order chi connectivity index (χ1) is 9.24. The summed E-state index contributed by atoms with van der Waals surface area (Å²) in [6.45, 7) is 4.96. The Bertz CT molecular complexity index is 521. The summed E-state index contributed by atoms with van der Waals surface area (Å²) in [5.74, 6) is 6.57. The molecule has 1 atom stereocenters. The normalized spacial score (nSPS) is 12.6. The molecule has 0 saturated carbocycles. The van der Waals surface area contributed by atoms with E-state index < -0.39 is 0 Å². The van der Waals surface area contributed by atoms with Gasteiger partial charge < -0.3 is 0 Å². The van der Waals surface area contributed by atoms with Crippen LogP contribution in [-0.2, 0) is 13.0 Å². The Morgan fingerprint density at radius 2 is 2.26 bits per heavy atom. The maximum Gasteiger partial charge on any atom is 0.138 e. The molecule has 0 aliphatic rings. The first-order valence-electron chi connectivity index (χ1n) is 6.51. The summed E-state index contributed by atoms with van der Waals surface area (Å²) in [6.07, 6.45) is 3.29. The average molecular weight is 260 g/mol. The second kappa shape index (κ2) is 6.40. The first-order valence-corrected chi connectivity index (χ1v) is 6.51. The van der Waals surface area contributed by atoms with E-state index in [0.717, 1.165) is 30.2 Å². The Labute approximate surface area is 113 Å². The minimum Gasteiger partial charge on any atom is -0.271 e. The maximum absolute atomic E-state index is 5.65. The van der Waals surface area contributed by atoms with Crippen molar-refractivity contribution in [2.45, 2.75) is 39.3 Å². The molecule has 0 aromatic carbocycles. The van der Waals surface area contributed by atoms with Crippen molar-refractivity contribution in [2.24, 2.45) is 5.84 Å². The van der Waals surface area contributed by atoms with Crippen LogP contribution in [0.15, 0.2) is 24.5 Å². The zero-order valence-electron chi connectivity index (χ0n) is 11.4. The van der Waals surface area contributed by atoms with E-state index in [9.17, 15) is 0 Å². The van der Waals surface area contributed by atoms with Crippen molar-refractivity contribution in [2.75, 3.05) is 0 Å². The molecule has 2 aromatic rings. The summed E-state index contributed by atoms with van der Waals surface area (Å²) in [4.78, 5) is 8.80. The molecule has 0 aliphatic carbocycles. The van der Waals surface area contributed by atoms with Crippen LogP contribution in [-0.4, -0.2) is 19.7 Å². The number of nitrogens with one attached hydrogen (secondary N) is 1. The van der Waals surface area contributed by atoms with E-state index in [4.69, 9.17) is 5.84 Å². The fraction of sp³-hybridized carbons (Fsp3) is 0.462. The Morgan fingerprint density at radius 3 is 2.95 bits per heavy atom. The third-order valence-electron chi connectivity index (χ3n) is 2.99. The number of nitrogens with zero attached hydrogens (tertiary/aromatic N) is 4. The molecule has 6 nitrogen and oxygen atoms in total. The molecule has 3 N–H and O–H groups in total. The average Bonchev–Trinajstić information content (AvgIpc) is 2.84. The minimum atomic E-state index is -0.0558. The van der Waals surface area contributed by atoms with Crippen molar-refractivity contribution in [3.8, 4) is 0 Å². The first kappa shape index (κ1) is 13.6. The Balaban J connectivity index is 2.17. The van der Waals surface area contributed by atoms with E-state index >= 15 is 0 Å². The van der Waals surface area contributed by atoms with E-state index in [1.54, 1.807) is 6.33 Å². The highest BCUT2D eigenvalue weighted by Gasteiger charge is 2.15. The molecule has 0 radical (unpaired) electrons. The van der Waals surface area contributed by atoms with Gasteiger partial charge in [-0.3, -0.25) is 20.9 Å². The van der Waals surface area contributed by atoms with Crippen LogP contribution in [0.5, 0.6) is 0 Å². The van der Waals surface area contributed by atoms with Gasteiger partial charge in [0.25, 0.3) is 0 Å². The molecule has 102 valence electrons. The van der Waals surface area contributed by atoms with Gasteiger partial charge in [-0.15, -0.1) is 0 Å². The summed E-state index contributed by atoms with van der Waals surface area (Å²) in [6, 6.07) is 5.87. The maximum atomic E-state index is 5.65. The number of hydrogen-bond donors (Lipinski definition) is 2. The van der Waals surface area contributed by atoms with Gasteiger partial charge in [-0.1, -0.05) is 13.0 Å². The highest BCUT2D eigenvalue weighted by molar-refractivity contribution is 5.14. The van der Waals surface area contributed by atoms with E-state index in [2.05, 4.69) is 27.4 Å². The highest BCUT2D eigenvalue weighted by Crippen LogP contribution is 2.15. The van der Waals surface area contributed by atoms with E-state index in [-0.39, 0.29) is 6.04 Å². The van der Waals surface area contributed by atoms with Gasteiger partial charge in [0.2, 0.25) is 0 Å². The van der Waals surface area contributed by atoms with Crippen LogP contribution in [0, 0.1) is 6.92 Å². The van der Waals surface area contributed by atoms with Gasteiger partial charge in [0.1, 0.15) is 12.2 Å². The third kappa shape index (κ3) is 3.36. The lowest BCUT2D eigenvalue weighted by atomic mass is 10.1. The second-order valence-electron chi connectivity index (χ2n) is 4.53. The summed E-state index contributed by atoms with van der Waals surface area (Å²) in [5.41, 5.74) is 4.71. The van der Waals surface area contributed by atoms with Crippen LogP contribution in [0.1, 0.15) is 36.6 Å². The monoisotopic (exact) mass is 260 g/mol. The van der Waals surface area contributed by atoms with Crippen LogP contribution in [0.3, 0.4) is 0 Å². The van der Waals surface area contributed by atoms with Gasteiger partial charge in [-0.2, -0.15) is 5.10 Å². The van der Waals surface area contributed by atoms with Gasteiger partial charge in [0.15, 0.2) is 0 Å². The molecule has 0 amide bonds. The Kier molecular flexibility index (Phi) is 4.59. The molecule has 2 heterocycles. The van der Waals surface area contributed by atoms with Crippen molar-refractivity contribution >= 4 is 0 Å². The predicted octanol–water partition coefficient (Wildman–Crippen LogP) is 1.14. The molecule has 0 bridgehead atoms. The lowest BCUT2D eigenvalue weighted by molar-refractivity contribution is 0.491. The number of hydrazine groups is 1.